The number of rotatable bonds is 3. The van der Waals surface area contributed by atoms with E-state index < -0.39 is 0 Å². The van der Waals surface area contributed by atoms with Gasteiger partial charge >= 0.3 is 0 Å². The summed E-state index contributed by atoms with van der Waals surface area (Å²) in [6.07, 6.45) is 7.65. The number of terminal acetylenes is 1. The third kappa shape index (κ3) is 2.29. The molecule has 0 aliphatic heterocycles. The van der Waals surface area contributed by atoms with Crippen molar-refractivity contribution in [1.29, 1.82) is 0 Å². The van der Waals surface area contributed by atoms with Gasteiger partial charge in [-0.2, -0.15) is 0 Å². The summed E-state index contributed by atoms with van der Waals surface area (Å²) in [6.45, 7) is 2.02. The minimum Gasteiger partial charge on any atom is -0.365 e. The van der Waals surface area contributed by atoms with E-state index in [2.05, 4.69) is 21.2 Å². The van der Waals surface area contributed by atoms with Gasteiger partial charge in [-0.1, -0.05) is 12.1 Å². The molecule has 0 aliphatic rings. The topological polar surface area (TPSA) is 37.8 Å². The quantitative estimate of drug-likeness (QED) is 0.792. The van der Waals surface area contributed by atoms with Crippen molar-refractivity contribution >= 4 is 16.9 Å². The highest BCUT2D eigenvalue weighted by Gasteiger charge is 2.02. The van der Waals surface area contributed by atoms with E-state index in [0.717, 1.165) is 16.9 Å². The Morgan fingerprint density at radius 1 is 1.38 bits per heavy atom. The average molecular weight is 211 g/mol. The van der Waals surface area contributed by atoms with Gasteiger partial charge in [0.1, 0.15) is 5.82 Å². The maximum absolute atomic E-state index is 5.25. The first-order valence-corrected chi connectivity index (χ1v) is 5.21. The van der Waals surface area contributed by atoms with Gasteiger partial charge in [0.05, 0.1) is 17.2 Å². The van der Waals surface area contributed by atoms with Crippen molar-refractivity contribution in [3.8, 4) is 12.3 Å². The highest BCUT2D eigenvalue weighted by atomic mass is 15.0. The molecule has 1 N–H and O–H groups in total. The van der Waals surface area contributed by atoms with E-state index in [4.69, 9.17) is 6.42 Å². The van der Waals surface area contributed by atoms with Crippen LogP contribution in [0.3, 0.4) is 0 Å². The summed E-state index contributed by atoms with van der Waals surface area (Å²) >= 11 is 0. The van der Waals surface area contributed by atoms with Crippen molar-refractivity contribution in [2.24, 2.45) is 0 Å². The lowest BCUT2D eigenvalue weighted by atomic mass is 10.2. The van der Waals surface area contributed by atoms with Gasteiger partial charge in [-0.25, -0.2) is 4.98 Å². The first-order valence-electron chi connectivity index (χ1n) is 5.21. The molecule has 0 saturated heterocycles. The molecular weight excluding hydrogens is 198 g/mol. The van der Waals surface area contributed by atoms with Gasteiger partial charge in [-0.15, -0.1) is 12.3 Å². The monoisotopic (exact) mass is 211 g/mol. The predicted octanol–water partition coefficient (Wildman–Crippen LogP) is 2.45. The molecule has 0 amide bonds. The highest BCUT2D eigenvalue weighted by molar-refractivity contribution is 5.75. The lowest BCUT2D eigenvalue weighted by Gasteiger charge is -2.11. The van der Waals surface area contributed by atoms with Crippen LogP contribution in [0, 0.1) is 12.3 Å². The Labute approximate surface area is 94.9 Å². The fourth-order valence-electron chi connectivity index (χ4n) is 1.51. The molecule has 1 aromatic heterocycles. The minimum absolute atomic E-state index is 0.209. The summed E-state index contributed by atoms with van der Waals surface area (Å²) in [5.41, 5.74) is 1.79. The third-order valence-electron chi connectivity index (χ3n) is 2.27. The van der Waals surface area contributed by atoms with E-state index in [9.17, 15) is 0 Å². The van der Waals surface area contributed by atoms with Crippen molar-refractivity contribution in [2.75, 3.05) is 5.32 Å². The molecule has 1 aromatic carbocycles. The van der Waals surface area contributed by atoms with Crippen LogP contribution in [0.25, 0.3) is 11.0 Å². The second-order valence-corrected chi connectivity index (χ2v) is 3.70. The van der Waals surface area contributed by atoms with Crippen LogP contribution in [0.2, 0.25) is 0 Å². The Morgan fingerprint density at radius 3 is 2.88 bits per heavy atom. The standard InChI is InChI=1S/C13H13N3/c1-3-6-10(2)15-13-9-14-11-7-4-5-8-12(11)16-13/h1,4-5,7-10H,6H2,2H3,(H,15,16). The Morgan fingerprint density at radius 2 is 2.12 bits per heavy atom. The Hall–Kier alpha value is -2.08. The number of nitrogens with zero attached hydrogens (tertiary/aromatic N) is 2. The van der Waals surface area contributed by atoms with E-state index in [0.29, 0.717) is 6.42 Å². The van der Waals surface area contributed by atoms with E-state index in [-0.39, 0.29) is 6.04 Å². The second-order valence-electron chi connectivity index (χ2n) is 3.70. The Bertz CT molecular complexity index is 528. The number of para-hydroxylation sites is 2. The van der Waals surface area contributed by atoms with Crippen molar-refractivity contribution in [3.05, 3.63) is 30.5 Å². The molecule has 1 unspecified atom stereocenters. The Balaban J connectivity index is 2.23. The lowest BCUT2D eigenvalue weighted by molar-refractivity contribution is 0.821. The van der Waals surface area contributed by atoms with Gasteiger partial charge < -0.3 is 5.32 Å². The lowest BCUT2D eigenvalue weighted by Crippen LogP contribution is -2.15. The summed E-state index contributed by atoms with van der Waals surface area (Å²) < 4.78 is 0. The summed E-state index contributed by atoms with van der Waals surface area (Å²) in [7, 11) is 0. The maximum Gasteiger partial charge on any atom is 0.145 e. The largest absolute Gasteiger partial charge is 0.365 e. The number of hydrogen-bond donors (Lipinski definition) is 1. The molecule has 3 heteroatoms. The molecule has 2 rings (SSSR count). The summed E-state index contributed by atoms with van der Waals surface area (Å²) in [5, 5.41) is 3.22. The molecule has 0 fully saturated rings. The molecule has 3 nitrogen and oxygen atoms in total. The molecule has 16 heavy (non-hydrogen) atoms. The van der Waals surface area contributed by atoms with Crippen LogP contribution in [0.4, 0.5) is 5.82 Å². The molecule has 1 atom stereocenters. The third-order valence-corrected chi connectivity index (χ3v) is 2.27. The molecule has 0 saturated carbocycles. The molecular formula is C13H13N3. The molecule has 0 bridgehead atoms. The molecule has 1 heterocycles. The predicted molar refractivity (Wildman–Crippen MR) is 66.1 cm³/mol. The van der Waals surface area contributed by atoms with Gasteiger partial charge in [-0.05, 0) is 19.1 Å². The number of nitrogens with one attached hydrogen (secondary N) is 1. The zero-order valence-electron chi connectivity index (χ0n) is 9.14. The van der Waals surface area contributed by atoms with Gasteiger partial charge in [0.25, 0.3) is 0 Å². The van der Waals surface area contributed by atoms with Crippen LogP contribution >= 0.6 is 0 Å². The van der Waals surface area contributed by atoms with E-state index in [1.54, 1.807) is 6.20 Å². The number of aromatic nitrogens is 2. The first kappa shape index (κ1) is 10.4. The van der Waals surface area contributed by atoms with Crippen LogP contribution in [-0.4, -0.2) is 16.0 Å². The minimum atomic E-state index is 0.209. The smallest absolute Gasteiger partial charge is 0.145 e. The number of fused-ring (bicyclic) bond motifs is 1. The van der Waals surface area contributed by atoms with Gasteiger partial charge in [0, 0.05) is 12.5 Å². The molecule has 80 valence electrons. The molecule has 0 radical (unpaired) electrons. The number of hydrogen-bond acceptors (Lipinski definition) is 3. The molecule has 2 aromatic rings. The highest BCUT2D eigenvalue weighted by Crippen LogP contribution is 2.12. The zero-order chi connectivity index (χ0) is 11.4. The normalized spacial score (nSPS) is 12.0. The second kappa shape index (κ2) is 4.63. The summed E-state index contributed by atoms with van der Waals surface area (Å²) in [5.74, 6) is 3.38. The van der Waals surface area contributed by atoms with Crippen LogP contribution in [0.1, 0.15) is 13.3 Å². The first-order chi connectivity index (χ1) is 7.79. The number of anilines is 1. The van der Waals surface area contributed by atoms with Crippen molar-refractivity contribution in [2.45, 2.75) is 19.4 Å². The van der Waals surface area contributed by atoms with Crippen molar-refractivity contribution in [3.63, 3.8) is 0 Å². The Kier molecular flexibility index (Phi) is 3.02. The number of benzene rings is 1. The fourth-order valence-corrected chi connectivity index (χ4v) is 1.51. The SMILES string of the molecule is C#CCC(C)Nc1cnc2ccccc2n1. The molecule has 0 spiro atoms. The van der Waals surface area contributed by atoms with Crippen molar-refractivity contribution in [1.82, 2.24) is 9.97 Å². The van der Waals surface area contributed by atoms with Crippen LogP contribution in [0.15, 0.2) is 30.5 Å². The van der Waals surface area contributed by atoms with Crippen molar-refractivity contribution < 1.29 is 0 Å². The van der Waals surface area contributed by atoms with E-state index in [1.807, 2.05) is 31.2 Å². The zero-order valence-corrected chi connectivity index (χ0v) is 9.14. The van der Waals surface area contributed by atoms with Crippen LogP contribution in [-0.2, 0) is 0 Å². The van der Waals surface area contributed by atoms with Gasteiger partial charge in [0.2, 0.25) is 0 Å². The maximum atomic E-state index is 5.25. The van der Waals surface area contributed by atoms with Gasteiger partial charge in [0.15, 0.2) is 0 Å². The van der Waals surface area contributed by atoms with Crippen LogP contribution in [0.5, 0.6) is 0 Å². The molecule has 0 aliphatic carbocycles. The summed E-state index contributed by atoms with van der Waals surface area (Å²) in [4.78, 5) is 8.77. The van der Waals surface area contributed by atoms with Gasteiger partial charge in [-0.3, -0.25) is 4.98 Å². The van der Waals surface area contributed by atoms with E-state index in [1.165, 1.54) is 0 Å². The summed E-state index contributed by atoms with van der Waals surface area (Å²) in [6, 6.07) is 7.99. The van der Waals surface area contributed by atoms with E-state index >= 15 is 0 Å². The van der Waals surface area contributed by atoms with Crippen LogP contribution < -0.4 is 5.32 Å². The average Bonchev–Trinajstić information content (AvgIpc) is 2.29. The fraction of sp³-hybridized carbons (Fsp3) is 0.231.